The number of fused-ring (bicyclic) bond motifs is 1. The van der Waals surface area contributed by atoms with E-state index in [0.717, 1.165) is 5.39 Å². The van der Waals surface area contributed by atoms with Gasteiger partial charge in [-0.1, -0.05) is 6.07 Å². The maximum Gasteiger partial charge on any atom is 0.404 e. The maximum absolute atomic E-state index is 13.6. The number of hydrogen-bond acceptors (Lipinski definition) is 2. The molecule has 5 heteroatoms. The summed E-state index contributed by atoms with van der Waals surface area (Å²) in [5.41, 5.74) is 1.08. The number of hydrogen-bond donors (Lipinski definition) is 2. The first-order valence-corrected chi connectivity index (χ1v) is 5.17. The Bertz CT molecular complexity index is 557. The standard InChI is InChI=1S/C12H11FN2O2/c13-10-7-11-9(2-1-4-14-11)6-8(10)3-5-15-12(16)17/h1-2,4,6-7,15H,3,5H2,(H,16,17). The van der Waals surface area contributed by atoms with Gasteiger partial charge in [0.1, 0.15) is 5.82 Å². The van der Waals surface area contributed by atoms with Crippen LogP contribution in [0.2, 0.25) is 0 Å². The summed E-state index contributed by atoms with van der Waals surface area (Å²) in [4.78, 5) is 14.3. The van der Waals surface area contributed by atoms with E-state index in [1.807, 2.05) is 6.07 Å². The molecule has 2 N–H and O–H groups in total. The largest absolute Gasteiger partial charge is 0.465 e. The zero-order valence-electron chi connectivity index (χ0n) is 8.98. The lowest BCUT2D eigenvalue weighted by molar-refractivity contribution is 0.194. The van der Waals surface area contributed by atoms with Crippen molar-refractivity contribution in [2.45, 2.75) is 6.42 Å². The average Bonchev–Trinajstić information content (AvgIpc) is 2.29. The molecule has 0 aliphatic heterocycles. The van der Waals surface area contributed by atoms with E-state index in [9.17, 15) is 9.18 Å². The van der Waals surface area contributed by atoms with Crippen LogP contribution in [0.15, 0.2) is 30.5 Å². The van der Waals surface area contributed by atoms with Gasteiger partial charge in [-0.15, -0.1) is 0 Å². The molecular weight excluding hydrogens is 223 g/mol. The SMILES string of the molecule is O=C(O)NCCc1cc2cccnc2cc1F. The Morgan fingerprint density at radius 2 is 2.29 bits per heavy atom. The molecule has 0 aliphatic carbocycles. The highest BCUT2D eigenvalue weighted by Crippen LogP contribution is 2.17. The van der Waals surface area contributed by atoms with Gasteiger partial charge >= 0.3 is 6.09 Å². The van der Waals surface area contributed by atoms with Crippen molar-refractivity contribution in [1.29, 1.82) is 0 Å². The van der Waals surface area contributed by atoms with Crippen molar-refractivity contribution in [3.05, 3.63) is 41.8 Å². The number of carbonyl (C=O) groups is 1. The van der Waals surface area contributed by atoms with Crippen molar-refractivity contribution in [2.24, 2.45) is 0 Å². The summed E-state index contributed by atoms with van der Waals surface area (Å²) in [5, 5.41) is 11.5. The number of nitrogens with zero attached hydrogens (tertiary/aromatic N) is 1. The molecule has 1 aromatic heterocycles. The van der Waals surface area contributed by atoms with Crippen LogP contribution in [0.25, 0.3) is 10.9 Å². The van der Waals surface area contributed by atoms with Crippen LogP contribution in [0.1, 0.15) is 5.56 Å². The van der Waals surface area contributed by atoms with Crippen molar-refractivity contribution >= 4 is 17.0 Å². The zero-order valence-corrected chi connectivity index (χ0v) is 8.98. The van der Waals surface area contributed by atoms with Crippen LogP contribution >= 0.6 is 0 Å². The normalized spacial score (nSPS) is 10.4. The van der Waals surface area contributed by atoms with Crippen molar-refractivity contribution in [3.8, 4) is 0 Å². The number of amides is 1. The number of benzene rings is 1. The molecular formula is C12H11FN2O2. The number of carboxylic acid groups (broad SMARTS) is 1. The molecule has 17 heavy (non-hydrogen) atoms. The van der Waals surface area contributed by atoms with E-state index in [-0.39, 0.29) is 12.4 Å². The molecule has 1 amide bonds. The van der Waals surface area contributed by atoms with Crippen molar-refractivity contribution in [1.82, 2.24) is 10.3 Å². The van der Waals surface area contributed by atoms with E-state index < -0.39 is 6.09 Å². The first kappa shape index (κ1) is 11.3. The third-order valence-electron chi connectivity index (χ3n) is 2.44. The fourth-order valence-corrected chi connectivity index (χ4v) is 1.64. The fraction of sp³-hybridized carbons (Fsp3) is 0.167. The van der Waals surface area contributed by atoms with Crippen LogP contribution in [0, 0.1) is 5.82 Å². The quantitative estimate of drug-likeness (QED) is 0.855. The molecule has 0 atom stereocenters. The van der Waals surface area contributed by atoms with Gasteiger partial charge in [0, 0.05) is 24.2 Å². The summed E-state index contributed by atoms with van der Waals surface area (Å²) >= 11 is 0. The van der Waals surface area contributed by atoms with Crippen LogP contribution in [-0.4, -0.2) is 22.7 Å². The van der Waals surface area contributed by atoms with Crippen LogP contribution in [0.3, 0.4) is 0 Å². The third kappa shape index (κ3) is 2.69. The van der Waals surface area contributed by atoms with E-state index in [2.05, 4.69) is 10.3 Å². The lowest BCUT2D eigenvalue weighted by atomic mass is 10.1. The fourth-order valence-electron chi connectivity index (χ4n) is 1.64. The topological polar surface area (TPSA) is 62.2 Å². The van der Waals surface area contributed by atoms with Gasteiger partial charge in [-0.3, -0.25) is 4.98 Å². The van der Waals surface area contributed by atoms with E-state index in [1.165, 1.54) is 6.07 Å². The number of halogens is 1. The molecule has 0 radical (unpaired) electrons. The Morgan fingerprint density at radius 1 is 1.47 bits per heavy atom. The van der Waals surface area contributed by atoms with E-state index >= 15 is 0 Å². The maximum atomic E-state index is 13.6. The number of rotatable bonds is 3. The van der Waals surface area contributed by atoms with Gasteiger partial charge in [0.25, 0.3) is 0 Å². The minimum Gasteiger partial charge on any atom is -0.465 e. The molecule has 0 saturated heterocycles. The van der Waals surface area contributed by atoms with Crippen LogP contribution in [0.4, 0.5) is 9.18 Å². The van der Waals surface area contributed by atoms with Crippen molar-refractivity contribution < 1.29 is 14.3 Å². The minimum atomic E-state index is -1.10. The molecule has 2 rings (SSSR count). The predicted octanol–water partition coefficient (Wildman–Crippen LogP) is 2.18. The first-order valence-electron chi connectivity index (χ1n) is 5.17. The Balaban J connectivity index is 2.22. The van der Waals surface area contributed by atoms with Gasteiger partial charge < -0.3 is 10.4 Å². The second-order valence-corrected chi connectivity index (χ2v) is 3.62. The molecule has 0 saturated carbocycles. The Kier molecular flexibility index (Phi) is 3.18. The van der Waals surface area contributed by atoms with E-state index in [4.69, 9.17) is 5.11 Å². The Labute approximate surface area is 97.1 Å². The van der Waals surface area contributed by atoms with E-state index in [0.29, 0.717) is 17.5 Å². The summed E-state index contributed by atoms with van der Waals surface area (Å²) < 4.78 is 13.6. The number of aromatic nitrogens is 1. The average molecular weight is 234 g/mol. The predicted molar refractivity (Wildman–Crippen MR) is 61.4 cm³/mol. The third-order valence-corrected chi connectivity index (χ3v) is 2.44. The second-order valence-electron chi connectivity index (χ2n) is 3.62. The molecule has 1 heterocycles. The molecule has 1 aromatic carbocycles. The summed E-state index contributed by atoms with van der Waals surface area (Å²) in [6.07, 6.45) is 0.823. The zero-order chi connectivity index (χ0) is 12.3. The van der Waals surface area contributed by atoms with E-state index in [1.54, 1.807) is 18.3 Å². The van der Waals surface area contributed by atoms with Gasteiger partial charge in [-0.05, 0) is 24.1 Å². The lowest BCUT2D eigenvalue weighted by Gasteiger charge is -2.05. The summed E-state index contributed by atoms with van der Waals surface area (Å²) in [6, 6.07) is 6.68. The van der Waals surface area contributed by atoms with Gasteiger partial charge in [0.15, 0.2) is 0 Å². The molecule has 4 nitrogen and oxygen atoms in total. The molecule has 0 spiro atoms. The van der Waals surface area contributed by atoms with Crippen LogP contribution in [-0.2, 0) is 6.42 Å². The number of nitrogens with one attached hydrogen (secondary N) is 1. The molecule has 88 valence electrons. The van der Waals surface area contributed by atoms with Crippen molar-refractivity contribution in [2.75, 3.05) is 6.54 Å². The highest BCUT2D eigenvalue weighted by Gasteiger charge is 2.05. The number of pyridine rings is 1. The minimum absolute atomic E-state index is 0.192. The first-order chi connectivity index (χ1) is 8.16. The molecule has 0 unspecified atom stereocenters. The summed E-state index contributed by atoms with van der Waals surface area (Å²) in [5.74, 6) is -0.358. The van der Waals surface area contributed by atoms with Gasteiger partial charge in [0.05, 0.1) is 5.52 Å². The summed E-state index contributed by atoms with van der Waals surface area (Å²) in [6.45, 7) is 0.192. The van der Waals surface area contributed by atoms with Crippen LogP contribution < -0.4 is 5.32 Å². The van der Waals surface area contributed by atoms with Crippen molar-refractivity contribution in [3.63, 3.8) is 0 Å². The van der Waals surface area contributed by atoms with Gasteiger partial charge in [-0.2, -0.15) is 0 Å². The summed E-state index contributed by atoms with van der Waals surface area (Å²) in [7, 11) is 0. The highest BCUT2D eigenvalue weighted by atomic mass is 19.1. The van der Waals surface area contributed by atoms with Crippen LogP contribution in [0.5, 0.6) is 0 Å². The molecule has 2 aromatic rings. The van der Waals surface area contributed by atoms with Gasteiger partial charge in [-0.25, -0.2) is 9.18 Å². The second kappa shape index (κ2) is 4.78. The molecule has 0 fully saturated rings. The Hall–Kier alpha value is -2.17. The van der Waals surface area contributed by atoms with Gasteiger partial charge in [0.2, 0.25) is 0 Å². The lowest BCUT2D eigenvalue weighted by Crippen LogP contribution is -2.23. The Morgan fingerprint density at radius 3 is 3.06 bits per heavy atom. The monoisotopic (exact) mass is 234 g/mol. The highest BCUT2D eigenvalue weighted by molar-refractivity contribution is 5.79. The smallest absolute Gasteiger partial charge is 0.404 e. The molecule has 0 bridgehead atoms. The molecule has 0 aliphatic rings.